The van der Waals surface area contributed by atoms with Crippen LogP contribution in [0.5, 0.6) is 11.5 Å². The van der Waals surface area contributed by atoms with Crippen LogP contribution in [-0.4, -0.2) is 25.8 Å². The highest BCUT2D eigenvalue weighted by atomic mass is 16.5. The molecule has 0 fully saturated rings. The number of hydrogen-bond acceptors (Lipinski definition) is 5. The summed E-state index contributed by atoms with van der Waals surface area (Å²) in [5.41, 5.74) is 4.98. The van der Waals surface area contributed by atoms with E-state index in [-0.39, 0.29) is 5.76 Å². The van der Waals surface area contributed by atoms with Gasteiger partial charge in [0.15, 0.2) is 5.76 Å². The average molecular weight is 352 g/mol. The van der Waals surface area contributed by atoms with Crippen molar-refractivity contribution >= 4 is 23.1 Å². The van der Waals surface area contributed by atoms with Crippen LogP contribution >= 0.6 is 0 Å². The van der Waals surface area contributed by atoms with Crippen molar-refractivity contribution in [1.82, 2.24) is 5.43 Å². The second kappa shape index (κ2) is 7.74. The van der Waals surface area contributed by atoms with Gasteiger partial charge in [0.2, 0.25) is 0 Å². The van der Waals surface area contributed by atoms with E-state index in [0.29, 0.717) is 12.2 Å². The summed E-state index contributed by atoms with van der Waals surface area (Å²) in [4.78, 5) is 12.2. The summed E-state index contributed by atoms with van der Waals surface area (Å²) >= 11 is 0. The van der Waals surface area contributed by atoms with Gasteiger partial charge in [-0.2, -0.15) is 5.10 Å². The molecule has 3 rings (SSSR count). The molecule has 6 nitrogen and oxygen atoms in total. The fourth-order valence-electron chi connectivity index (χ4n) is 2.53. The summed E-state index contributed by atoms with van der Waals surface area (Å²) < 4.78 is 16.2. The molecular weight excluding hydrogens is 332 g/mol. The van der Waals surface area contributed by atoms with Crippen LogP contribution in [0.1, 0.15) is 28.6 Å². The number of aryl methyl sites for hydroxylation is 1. The zero-order chi connectivity index (χ0) is 18.5. The van der Waals surface area contributed by atoms with E-state index in [0.717, 1.165) is 28.0 Å². The molecular formula is C20H20N2O4. The SMILES string of the molecule is CCOc1ccc2oc(C(=O)N/N=C/c3ccc(OC)cc3C)cc2c1. The molecule has 0 saturated heterocycles. The van der Waals surface area contributed by atoms with Crippen molar-refractivity contribution in [3.05, 3.63) is 59.4 Å². The second-order valence-electron chi connectivity index (χ2n) is 5.66. The number of hydrazone groups is 1. The van der Waals surface area contributed by atoms with Gasteiger partial charge in [-0.3, -0.25) is 4.79 Å². The number of ether oxygens (including phenoxy) is 2. The summed E-state index contributed by atoms with van der Waals surface area (Å²) in [7, 11) is 1.62. The van der Waals surface area contributed by atoms with Crippen LogP contribution in [0.4, 0.5) is 0 Å². The second-order valence-corrected chi connectivity index (χ2v) is 5.66. The molecule has 26 heavy (non-hydrogen) atoms. The highest BCUT2D eigenvalue weighted by molar-refractivity contribution is 5.96. The summed E-state index contributed by atoms with van der Waals surface area (Å²) in [5, 5.41) is 4.80. The van der Waals surface area contributed by atoms with Crippen molar-refractivity contribution < 1.29 is 18.7 Å². The maximum Gasteiger partial charge on any atom is 0.307 e. The molecule has 0 bridgehead atoms. The van der Waals surface area contributed by atoms with Gasteiger partial charge in [-0.1, -0.05) is 0 Å². The van der Waals surface area contributed by atoms with Gasteiger partial charge in [0.1, 0.15) is 17.1 Å². The van der Waals surface area contributed by atoms with E-state index in [9.17, 15) is 4.79 Å². The van der Waals surface area contributed by atoms with Crippen molar-refractivity contribution in [3.8, 4) is 11.5 Å². The number of nitrogens with one attached hydrogen (secondary N) is 1. The Morgan fingerprint density at radius 1 is 1.19 bits per heavy atom. The van der Waals surface area contributed by atoms with Crippen LogP contribution in [-0.2, 0) is 0 Å². The minimum absolute atomic E-state index is 0.192. The fraction of sp³-hybridized carbons (Fsp3) is 0.200. The van der Waals surface area contributed by atoms with E-state index in [4.69, 9.17) is 13.9 Å². The normalized spacial score (nSPS) is 11.0. The molecule has 0 aliphatic carbocycles. The Hall–Kier alpha value is -3.28. The Bertz CT molecular complexity index is 960. The first-order chi connectivity index (χ1) is 12.6. The molecule has 1 aromatic heterocycles. The van der Waals surface area contributed by atoms with E-state index in [1.165, 1.54) is 0 Å². The van der Waals surface area contributed by atoms with Gasteiger partial charge < -0.3 is 13.9 Å². The van der Waals surface area contributed by atoms with Crippen molar-refractivity contribution in [2.24, 2.45) is 5.10 Å². The van der Waals surface area contributed by atoms with Crippen LogP contribution in [0.25, 0.3) is 11.0 Å². The number of methoxy groups -OCH3 is 1. The first-order valence-corrected chi connectivity index (χ1v) is 8.25. The Kier molecular flexibility index (Phi) is 5.22. The molecule has 6 heteroatoms. The quantitative estimate of drug-likeness (QED) is 0.539. The number of furan rings is 1. The summed E-state index contributed by atoms with van der Waals surface area (Å²) in [5.74, 6) is 1.29. The van der Waals surface area contributed by atoms with Crippen LogP contribution in [0.3, 0.4) is 0 Å². The van der Waals surface area contributed by atoms with Gasteiger partial charge in [-0.25, -0.2) is 5.43 Å². The van der Waals surface area contributed by atoms with E-state index in [1.54, 1.807) is 25.5 Å². The smallest absolute Gasteiger partial charge is 0.307 e. The van der Waals surface area contributed by atoms with E-state index >= 15 is 0 Å². The van der Waals surface area contributed by atoms with Crippen LogP contribution in [0, 0.1) is 6.92 Å². The summed E-state index contributed by atoms with van der Waals surface area (Å²) in [6.07, 6.45) is 1.59. The number of amides is 1. The third-order valence-corrected chi connectivity index (χ3v) is 3.87. The molecule has 0 radical (unpaired) electrons. The van der Waals surface area contributed by atoms with Crippen molar-refractivity contribution in [2.45, 2.75) is 13.8 Å². The van der Waals surface area contributed by atoms with E-state index < -0.39 is 5.91 Å². The maximum absolute atomic E-state index is 12.2. The lowest BCUT2D eigenvalue weighted by Gasteiger charge is -2.03. The predicted octanol–water partition coefficient (Wildman–Crippen LogP) is 3.91. The molecule has 0 saturated carbocycles. The number of hydrogen-bond donors (Lipinski definition) is 1. The average Bonchev–Trinajstić information content (AvgIpc) is 3.06. The standard InChI is InChI=1S/C20H20N2O4/c1-4-25-17-7-8-18-15(10-17)11-19(26-18)20(23)22-21-12-14-5-6-16(24-3)9-13(14)2/h5-12H,4H2,1-3H3,(H,22,23)/b21-12+. The lowest BCUT2D eigenvalue weighted by Crippen LogP contribution is -2.16. The van der Waals surface area contributed by atoms with E-state index in [2.05, 4.69) is 10.5 Å². The number of carbonyl (C=O) groups is 1. The molecule has 0 aliphatic rings. The molecule has 0 atom stereocenters. The number of benzene rings is 2. The first kappa shape index (κ1) is 17.5. The molecule has 134 valence electrons. The van der Waals surface area contributed by atoms with Crippen molar-refractivity contribution in [1.29, 1.82) is 0 Å². The van der Waals surface area contributed by atoms with Crippen LogP contribution < -0.4 is 14.9 Å². The van der Waals surface area contributed by atoms with Gasteiger partial charge in [0, 0.05) is 5.39 Å². The summed E-state index contributed by atoms with van der Waals surface area (Å²) in [6.45, 7) is 4.44. The van der Waals surface area contributed by atoms with Crippen LogP contribution in [0.15, 0.2) is 52.0 Å². The van der Waals surface area contributed by atoms with Gasteiger partial charge in [-0.05, 0) is 67.4 Å². The summed E-state index contributed by atoms with van der Waals surface area (Å²) in [6, 6.07) is 12.7. The molecule has 1 heterocycles. The van der Waals surface area contributed by atoms with Crippen molar-refractivity contribution in [2.75, 3.05) is 13.7 Å². The predicted molar refractivity (Wildman–Crippen MR) is 100 cm³/mol. The Balaban J connectivity index is 1.70. The molecule has 1 N–H and O–H groups in total. The molecule has 0 spiro atoms. The monoisotopic (exact) mass is 352 g/mol. The third kappa shape index (κ3) is 3.85. The largest absolute Gasteiger partial charge is 0.497 e. The molecule has 2 aromatic carbocycles. The minimum atomic E-state index is -0.415. The fourth-order valence-corrected chi connectivity index (χ4v) is 2.53. The van der Waals surface area contributed by atoms with E-state index in [1.807, 2.05) is 44.2 Å². The first-order valence-electron chi connectivity index (χ1n) is 8.25. The highest BCUT2D eigenvalue weighted by Gasteiger charge is 2.12. The Labute approximate surface area is 151 Å². The zero-order valence-electron chi connectivity index (χ0n) is 14.9. The number of nitrogens with zero attached hydrogens (tertiary/aromatic N) is 1. The maximum atomic E-state index is 12.2. The highest BCUT2D eigenvalue weighted by Crippen LogP contribution is 2.24. The van der Waals surface area contributed by atoms with Gasteiger partial charge in [0.25, 0.3) is 0 Å². The molecule has 1 amide bonds. The number of fused-ring (bicyclic) bond motifs is 1. The van der Waals surface area contributed by atoms with Gasteiger partial charge in [0.05, 0.1) is 19.9 Å². The molecule has 0 unspecified atom stereocenters. The molecule has 0 aliphatic heterocycles. The third-order valence-electron chi connectivity index (χ3n) is 3.87. The molecule has 3 aromatic rings. The Morgan fingerprint density at radius 3 is 2.73 bits per heavy atom. The number of carbonyl (C=O) groups excluding carboxylic acids is 1. The zero-order valence-corrected chi connectivity index (χ0v) is 14.9. The lowest BCUT2D eigenvalue weighted by molar-refractivity contribution is 0.0929. The lowest BCUT2D eigenvalue weighted by atomic mass is 10.1. The Morgan fingerprint density at radius 2 is 2.00 bits per heavy atom. The van der Waals surface area contributed by atoms with Crippen LogP contribution in [0.2, 0.25) is 0 Å². The number of rotatable bonds is 6. The van der Waals surface area contributed by atoms with Gasteiger partial charge in [-0.15, -0.1) is 0 Å². The van der Waals surface area contributed by atoms with Crippen molar-refractivity contribution in [3.63, 3.8) is 0 Å². The van der Waals surface area contributed by atoms with Gasteiger partial charge >= 0.3 is 5.91 Å². The topological polar surface area (TPSA) is 73.1 Å². The minimum Gasteiger partial charge on any atom is -0.497 e.